The topological polar surface area (TPSA) is 67.7 Å². The lowest BCUT2D eigenvalue weighted by Gasteiger charge is -2.15. The summed E-state index contributed by atoms with van der Waals surface area (Å²) in [6, 6.07) is 19.1. The Balaban J connectivity index is 1.48. The number of carbonyl (C=O) groups is 2. The SMILES string of the molecule is CN(C)C(=O)n1cc(C(=O)C2CSN(c3cccnc3)C2)c2cccc(OCc3ccccc3)c21. The van der Waals surface area contributed by atoms with Crippen molar-refractivity contribution in [2.45, 2.75) is 6.61 Å². The smallest absolute Gasteiger partial charge is 0.328 e. The molecule has 2 aromatic carbocycles. The van der Waals surface area contributed by atoms with E-state index in [1.807, 2.05) is 60.7 Å². The third-order valence-electron chi connectivity index (χ3n) is 6.00. The summed E-state index contributed by atoms with van der Waals surface area (Å²) >= 11 is 1.62. The number of carbonyl (C=O) groups excluding carboxylic acids is 2. The van der Waals surface area contributed by atoms with E-state index in [1.54, 1.807) is 44.6 Å². The number of hydrogen-bond acceptors (Lipinski definition) is 6. The fourth-order valence-electron chi connectivity index (χ4n) is 4.21. The van der Waals surface area contributed by atoms with Crippen LogP contribution in [-0.2, 0) is 6.61 Å². The van der Waals surface area contributed by atoms with Crippen LogP contribution in [0.3, 0.4) is 0 Å². The van der Waals surface area contributed by atoms with Gasteiger partial charge in [0.1, 0.15) is 17.9 Å². The van der Waals surface area contributed by atoms with Crippen molar-refractivity contribution in [1.29, 1.82) is 0 Å². The Morgan fingerprint density at radius 3 is 2.66 bits per heavy atom. The number of pyridine rings is 1. The van der Waals surface area contributed by atoms with Gasteiger partial charge in [-0.25, -0.2) is 4.79 Å². The van der Waals surface area contributed by atoms with E-state index < -0.39 is 0 Å². The molecule has 8 heteroatoms. The molecule has 3 heterocycles. The van der Waals surface area contributed by atoms with Crippen molar-refractivity contribution in [3.63, 3.8) is 0 Å². The van der Waals surface area contributed by atoms with E-state index in [-0.39, 0.29) is 17.7 Å². The van der Waals surface area contributed by atoms with E-state index in [0.29, 0.717) is 35.7 Å². The summed E-state index contributed by atoms with van der Waals surface area (Å²) in [4.78, 5) is 32.5. The number of anilines is 1. The second-order valence-corrected chi connectivity index (χ2v) is 9.68. The minimum absolute atomic E-state index is 0.0272. The molecule has 0 bridgehead atoms. The van der Waals surface area contributed by atoms with Gasteiger partial charge in [-0.3, -0.25) is 14.3 Å². The predicted molar refractivity (Wildman–Crippen MR) is 139 cm³/mol. The number of fused-ring (bicyclic) bond motifs is 1. The highest BCUT2D eigenvalue weighted by molar-refractivity contribution is 8.00. The highest BCUT2D eigenvalue weighted by atomic mass is 32.2. The fourth-order valence-corrected chi connectivity index (χ4v) is 5.37. The first-order valence-corrected chi connectivity index (χ1v) is 12.3. The molecule has 1 unspecified atom stereocenters. The Bertz CT molecular complexity index is 1360. The summed E-state index contributed by atoms with van der Waals surface area (Å²) in [5, 5.41) is 0.723. The van der Waals surface area contributed by atoms with Gasteiger partial charge in [0.05, 0.1) is 17.8 Å². The van der Waals surface area contributed by atoms with Gasteiger partial charge in [-0.05, 0) is 35.7 Å². The number of benzene rings is 2. The molecule has 0 radical (unpaired) electrons. The second-order valence-electron chi connectivity index (χ2n) is 8.65. The highest BCUT2D eigenvalue weighted by Crippen LogP contribution is 2.36. The normalized spacial score (nSPS) is 15.4. The van der Waals surface area contributed by atoms with Gasteiger partial charge in [-0.15, -0.1) is 0 Å². The van der Waals surface area contributed by atoms with Crippen LogP contribution >= 0.6 is 11.9 Å². The highest BCUT2D eigenvalue weighted by Gasteiger charge is 2.33. The molecular weight excluding hydrogens is 460 g/mol. The number of nitrogens with zero attached hydrogens (tertiary/aromatic N) is 4. The Hall–Kier alpha value is -3.78. The molecule has 35 heavy (non-hydrogen) atoms. The van der Waals surface area contributed by atoms with E-state index in [1.165, 1.54) is 9.47 Å². The average molecular weight is 487 g/mol. The van der Waals surface area contributed by atoms with Gasteiger partial charge in [0.25, 0.3) is 0 Å². The number of para-hydroxylation sites is 1. The van der Waals surface area contributed by atoms with Crippen LogP contribution < -0.4 is 9.04 Å². The van der Waals surface area contributed by atoms with Gasteiger partial charge in [0.2, 0.25) is 0 Å². The molecule has 4 aromatic rings. The van der Waals surface area contributed by atoms with Crippen molar-refractivity contribution in [3.05, 3.63) is 90.4 Å². The van der Waals surface area contributed by atoms with Crippen molar-refractivity contribution in [2.75, 3.05) is 30.7 Å². The maximum atomic E-state index is 13.7. The van der Waals surface area contributed by atoms with Crippen LogP contribution in [0.4, 0.5) is 10.5 Å². The Morgan fingerprint density at radius 2 is 1.91 bits per heavy atom. The quantitative estimate of drug-likeness (QED) is 0.279. The maximum absolute atomic E-state index is 13.7. The van der Waals surface area contributed by atoms with Gasteiger partial charge in [0, 0.05) is 49.7 Å². The first-order chi connectivity index (χ1) is 17.0. The fraction of sp³-hybridized carbons (Fsp3) is 0.222. The Labute approximate surface area is 208 Å². The number of amides is 1. The summed E-state index contributed by atoms with van der Waals surface area (Å²) in [6.45, 7) is 0.956. The molecule has 2 aromatic heterocycles. The van der Waals surface area contributed by atoms with Crippen LogP contribution in [0.1, 0.15) is 15.9 Å². The minimum atomic E-state index is -0.234. The lowest BCUT2D eigenvalue weighted by atomic mass is 9.98. The third kappa shape index (κ3) is 4.61. The standard InChI is InChI=1S/C27H26N4O3S/c1-29(2)27(33)30-16-23(26(32)20-15-31(35-18-20)21-10-7-13-28-14-21)22-11-6-12-24(25(22)30)34-17-19-8-4-3-5-9-19/h3-14,16,20H,15,17-18H2,1-2H3. The first kappa shape index (κ1) is 23.0. The van der Waals surface area contributed by atoms with Gasteiger partial charge < -0.3 is 13.9 Å². The van der Waals surface area contributed by atoms with Gasteiger partial charge >= 0.3 is 6.03 Å². The van der Waals surface area contributed by atoms with E-state index in [0.717, 1.165) is 16.6 Å². The van der Waals surface area contributed by atoms with Gasteiger partial charge in [0.15, 0.2) is 5.78 Å². The van der Waals surface area contributed by atoms with Crippen molar-refractivity contribution >= 4 is 40.4 Å². The van der Waals surface area contributed by atoms with E-state index in [9.17, 15) is 9.59 Å². The van der Waals surface area contributed by atoms with Crippen LogP contribution in [0, 0.1) is 5.92 Å². The first-order valence-electron chi connectivity index (χ1n) is 11.4. The molecule has 178 valence electrons. The average Bonchev–Trinajstić information content (AvgIpc) is 3.54. The number of Topliss-reactive ketones (excluding diaryl/α,β-unsaturated/α-hetero) is 1. The van der Waals surface area contributed by atoms with E-state index in [2.05, 4.69) is 9.29 Å². The van der Waals surface area contributed by atoms with Crippen LogP contribution in [-0.4, -0.2) is 52.7 Å². The van der Waals surface area contributed by atoms with Crippen molar-refractivity contribution < 1.29 is 14.3 Å². The number of rotatable bonds is 6. The number of hydrogen-bond donors (Lipinski definition) is 0. The molecule has 1 aliphatic heterocycles. The summed E-state index contributed by atoms with van der Waals surface area (Å²) in [6.07, 6.45) is 5.21. The molecule has 0 N–H and O–H groups in total. The summed E-state index contributed by atoms with van der Waals surface area (Å²) in [7, 11) is 3.39. The number of ketones is 1. The van der Waals surface area contributed by atoms with Crippen LogP contribution in [0.5, 0.6) is 5.75 Å². The summed E-state index contributed by atoms with van der Waals surface area (Å²) in [5.74, 6) is 1.08. The van der Waals surface area contributed by atoms with Crippen molar-refractivity contribution in [1.82, 2.24) is 14.5 Å². The summed E-state index contributed by atoms with van der Waals surface area (Å²) < 4.78 is 9.78. The molecule has 1 amide bonds. The molecule has 1 aliphatic rings. The molecule has 5 rings (SSSR count). The van der Waals surface area contributed by atoms with Gasteiger partial charge in [-0.1, -0.05) is 42.5 Å². The number of ether oxygens (including phenoxy) is 1. The van der Waals surface area contributed by atoms with Crippen LogP contribution in [0.25, 0.3) is 10.9 Å². The van der Waals surface area contributed by atoms with E-state index >= 15 is 0 Å². The molecule has 1 saturated heterocycles. The second kappa shape index (κ2) is 9.84. The lowest BCUT2D eigenvalue weighted by molar-refractivity contribution is 0.0942. The minimum Gasteiger partial charge on any atom is -0.487 e. The largest absolute Gasteiger partial charge is 0.487 e. The summed E-state index contributed by atoms with van der Waals surface area (Å²) in [5.41, 5.74) is 3.16. The predicted octanol–water partition coefficient (Wildman–Crippen LogP) is 5.11. The zero-order valence-electron chi connectivity index (χ0n) is 19.6. The monoisotopic (exact) mass is 486 g/mol. The molecule has 1 atom stereocenters. The van der Waals surface area contributed by atoms with E-state index in [4.69, 9.17) is 4.74 Å². The molecule has 0 saturated carbocycles. The van der Waals surface area contributed by atoms with Crippen molar-refractivity contribution in [3.8, 4) is 5.75 Å². The zero-order valence-corrected chi connectivity index (χ0v) is 20.4. The van der Waals surface area contributed by atoms with Crippen LogP contribution in [0.15, 0.2) is 79.3 Å². The molecule has 7 nitrogen and oxygen atoms in total. The van der Waals surface area contributed by atoms with Crippen molar-refractivity contribution in [2.24, 2.45) is 5.92 Å². The maximum Gasteiger partial charge on any atom is 0.328 e. The zero-order chi connectivity index (χ0) is 24.4. The lowest BCUT2D eigenvalue weighted by Crippen LogP contribution is -2.27. The van der Waals surface area contributed by atoms with Crippen LogP contribution in [0.2, 0.25) is 0 Å². The molecular formula is C27H26N4O3S. The molecule has 0 aliphatic carbocycles. The molecule has 0 spiro atoms. The Kier molecular flexibility index (Phi) is 6.46. The third-order valence-corrected chi connectivity index (χ3v) is 7.23. The molecule has 1 fully saturated rings. The number of aromatic nitrogens is 2. The van der Waals surface area contributed by atoms with Gasteiger partial charge in [-0.2, -0.15) is 0 Å². The Morgan fingerprint density at radius 1 is 1.09 bits per heavy atom.